The predicted octanol–water partition coefficient (Wildman–Crippen LogP) is 5.33. The molecule has 0 atom stereocenters. The van der Waals surface area contributed by atoms with Crippen LogP contribution in [0.5, 0.6) is 5.75 Å². The fraction of sp³-hybridized carbons (Fsp3) is 0.263. The van der Waals surface area contributed by atoms with Crippen LogP contribution in [0.25, 0.3) is 0 Å². The van der Waals surface area contributed by atoms with Gasteiger partial charge in [0.25, 0.3) is 5.91 Å². The molecule has 4 nitrogen and oxygen atoms in total. The smallest absolute Gasteiger partial charge is 0.265 e. The van der Waals surface area contributed by atoms with E-state index in [1.807, 2.05) is 31.5 Å². The van der Waals surface area contributed by atoms with Crippen LogP contribution in [0, 0.1) is 13.8 Å². The number of ether oxygens (including phenoxy) is 1. The summed E-state index contributed by atoms with van der Waals surface area (Å²) in [4.78, 5) is 20.9. The second-order valence-electron chi connectivity index (χ2n) is 5.95. The number of carbonyl (C=O) groups excluding carboxylic acids is 1. The van der Waals surface area contributed by atoms with Crippen molar-refractivity contribution in [2.45, 2.75) is 27.0 Å². The maximum Gasteiger partial charge on any atom is 0.265 e. The molecule has 0 radical (unpaired) electrons. The topological polar surface area (TPSA) is 42.4 Å². The van der Waals surface area contributed by atoms with Gasteiger partial charge >= 0.3 is 0 Å². The highest BCUT2D eigenvalue weighted by Gasteiger charge is 2.20. The van der Waals surface area contributed by atoms with E-state index < -0.39 is 0 Å². The number of nitrogens with zero attached hydrogens (tertiary/aromatic N) is 2. The average Bonchev–Trinajstić information content (AvgIpc) is 3.19. The molecular formula is C19H19ClN2O2S2. The molecule has 1 amide bonds. The Morgan fingerprint density at radius 3 is 2.62 bits per heavy atom. The molecule has 0 aliphatic heterocycles. The van der Waals surface area contributed by atoms with Crippen molar-refractivity contribution in [3.63, 3.8) is 0 Å². The summed E-state index contributed by atoms with van der Waals surface area (Å²) in [5.74, 6) is 0.714. The van der Waals surface area contributed by atoms with Crippen LogP contribution in [0.4, 0.5) is 0 Å². The lowest BCUT2D eigenvalue weighted by molar-refractivity contribution is 0.0790. The minimum absolute atomic E-state index is 0.00876. The second-order valence-corrected chi connectivity index (χ2v) is 8.47. The van der Waals surface area contributed by atoms with Gasteiger partial charge in [-0.25, -0.2) is 4.98 Å². The molecule has 0 saturated heterocycles. The molecule has 0 aliphatic rings. The summed E-state index contributed by atoms with van der Waals surface area (Å²) in [6.07, 6.45) is 0. The first-order chi connectivity index (χ1) is 12.4. The lowest BCUT2D eigenvalue weighted by Crippen LogP contribution is -2.25. The van der Waals surface area contributed by atoms with Crippen LogP contribution in [0.15, 0.2) is 35.7 Å². The molecule has 3 rings (SSSR count). The van der Waals surface area contributed by atoms with Gasteiger partial charge in [-0.3, -0.25) is 4.79 Å². The van der Waals surface area contributed by atoms with Crippen LogP contribution in [-0.4, -0.2) is 22.8 Å². The number of benzene rings is 1. The molecule has 0 spiro atoms. The number of carbonyl (C=O) groups is 1. The Hall–Kier alpha value is -1.89. The Kier molecular flexibility index (Phi) is 5.96. The lowest BCUT2D eigenvalue weighted by atomic mass is 10.2. The van der Waals surface area contributed by atoms with E-state index in [0.29, 0.717) is 23.1 Å². The van der Waals surface area contributed by atoms with Gasteiger partial charge in [0.2, 0.25) is 0 Å². The maximum absolute atomic E-state index is 12.8. The Labute approximate surface area is 166 Å². The third-order valence-corrected chi connectivity index (χ3v) is 6.29. The van der Waals surface area contributed by atoms with Crippen molar-refractivity contribution in [3.05, 3.63) is 66.8 Å². The second kappa shape index (κ2) is 8.20. The first-order valence-electron chi connectivity index (χ1n) is 8.07. The van der Waals surface area contributed by atoms with Gasteiger partial charge in [-0.15, -0.1) is 22.7 Å². The van der Waals surface area contributed by atoms with Crippen molar-refractivity contribution >= 4 is 40.2 Å². The molecule has 26 heavy (non-hydrogen) atoms. The monoisotopic (exact) mass is 406 g/mol. The van der Waals surface area contributed by atoms with Crippen molar-refractivity contribution < 1.29 is 9.53 Å². The summed E-state index contributed by atoms with van der Waals surface area (Å²) in [5, 5.41) is 3.49. The summed E-state index contributed by atoms with van der Waals surface area (Å²) in [6, 6.07) is 9.25. The zero-order valence-corrected chi connectivity index (χ0v) is 17.2. The molecule has 7 heteroatoms. The van der Waals surface area contributed by atoms with Crippen molar-refractivity contribution in [1.29, 1.82) is 0 Å². The number of rotatable bonds is 6. The van der Waals surface area contributed by atoms with E-state index >= 15 is 0 Å². The van der Waals surface area contributed by atoms with E-state index in [1.54, 1.807) is 28.4 Å². The van der Waals surface area contributed by atoms with Gasteiger partial charge < -0.3 is 9.64 Å². The van der Waals surface area contributed by atoms with Crippen LogP contribution >= 0.6 is 34.3 Å². The number of thiazole rings is 1. The van der Waals surface area contributed by atoms with E-state index in [-0.39, 0.29) is 5.91 Å². The standard InChI is InChI=1S/C19H19ClN2O2S2/c1-12-8-9-25-16(12)10-22(3)19(23)18-13(2)21-17(26-18)11-24-15-6-4-14(20)5-7-15/h4-9H,10-11H2,1-3H3. The summed E-state index contributed by atoms with van der Waals surface area (Å²) < 4.78 is 5.72. The van der Waals surface area contributed by atoms with Gasteiger partial charge in [-0.2, -0.15) is 0 Å². The molecule has 3 aromatic rings. The van der Waals surface area contributed by atoms with Crippen LogP contribution < -0.4 is 4.74 Å². The summed E-state index contributed by atoms with van der Waals surface area (Å²) in [5.41, 5.74) is 1.96. The summed E-state index contributed by atoms with van der Waals surface area (Å²) in [6.45, 7) is 4.86. The third kappa shape index (κ3) is 4.44. The average molecular weight is 407 g/mol. The zero-order chi connectivity index (χ0) is 18.7. The quantitative estimate of drug-likeness (QED) is 0.555. The first kappa shape index (κ1) is 18.9. The number of aryl methyl sites for hydroxylation is 2. The zero-order valence-electron chi connectivity index (χ0n) is 14.8. The third-order valence-electron chi connectivity index (χ3n) is 3.91. The van der Waals surface area contributed by atoms with Crippen LogP contribution in [0.3, 0.4) is 0 Å². The van der Waals surface area contributed by atoms with E-state index in [4.69, 9.17) is 16.3 Å². The van der Waals surface area contributed by atoms with E-state index in [9.17, 15) is 4.79 Å². The van der Waals surface area contributed by atoms with Crippen molar-refractivity contribution in [2.24, 2.45) is 0 Å². The van der Waals surface area contributed by atoms with Gasteiger partial charge in [0.15, 0.2) is 0 Å². The number of aromatic nitrogens is 1. The molecule has 136 valence electrons. The summed E-state index contributed by atoms with van der Waals surface area (Å²) >= 11 is 8.93. The Morgan fingerprint density at radius 2 is 1.96 bits per heavy atom. The molecule has 2 heterocycles. The molecule has 0 saturated carbocycles. The molecule has 0 fully saturated rings. The molecule has 0 N–H and O–H groups in total. The molecule has 0 bridgehead atoms. The molecule has 0 unspecified atom stereocenters. The SMILES string of the molecule is Cc1ccsc1CN(C)C(=O)c1sc(COc2ccc(Cl)cc2)nc1C. The van der Waals surface area contributed by atoms with E-state index in [2.05, 4.69) is 18.0 Å². The highest BCUT2D eigenvalue weighted by molar-refractivity contribution is 7.13. The Bertz CT molecular complexity index is 903. The predicted molar refractivity (Wildman–Crippen MR) is 107 cm³/mol. The van der Waals surface area contributed by atoms with Crippen LogP contribution in [-0.2, 0) is 13.2 Å². The van der Waals surface area contributed by atoms with Crippen LogP contribution in [0.2, 0.25) is 5.02 Å². The normalized spacial score (nSPS) is 10.8. The van der Waals surface area contributed by atoms with Gasteiger partial charge in [0.05, 0.1) is 12.2 Å². The number of thiophene rings is 1. The Balaban J connectivity index is 1.65. The number of amides is 1. The largest absolute Gasteiger partial charge is 0.486 e. The summed E-state index contributed by atoms with van der Waals surface area (Å²) in [7, 11) is 1.82. The molecule has 1 aromatic carbocycles. The highest BCUT2D eigenvalue weighted by atomic mass is 35.5. The van der Waals surface area contributed by atoms with Gasteiger partial charge in [0, 0.05) is 16.9 Å². The number of hydrogen-bond donors (Lipinski definition) is 0. The minimum Gasteiger partial charge on any atom is -0.486 e. The number of halogens is 1. The van der Waals surface area contributed by atoms with E-state index in [0.717, 1.165) is 16.5 Å². The lowest BCUT2D eigenvalue weighted by Gasteiger charge is -2.16. The van der Waals surface area contributed by atoms with Gasteiger partial charge in [0.1, 0.15) is 22.2 Å². The van der Waals surface area contributed by atoms with Gasteiger partial charge in [-0.1, -0.05) is 11.6 Å². The van der Waals surface area contributed by atoms with Gasteiger partial charge in [-0.05, 0) is 55.1 Å². The van der Waals surface area contributed by atoms with Crippen molar-refractivity contribution in [3.8, 4) is 5.75 Å². The fourth-order valence-electron chi connectivity index (χ4n) is 2.41. The van der Waals surface area contributed by atoms with Crippen molar-refractivity contribution in [2.75, 3.05) is 7.05 Å². The maximum atomic E-state index is 12.8. The van der Waals surface area contributed by atoms with E-state index in [1.165, 1.54) is 21.8 Å². The van der Waals surface area contributed by atoms with Crippen molar-refractivity contribution in [1.82, 2.24) is 9.88 Å². The number of hydrogen-bond acceptors (Lipinski definition) is 5. The molecular weight excluding hydrogens is 388 g/mol. The minimum atomic E-state index is -0.00876. The molecule has 2 aromatic heterocycles. The molecule has 0 aliphatic carbocycles. The fourth-order valence-corrected chi connectivity index (χ4v) is 4.47. The Morgan fingerprint density at radius 1 is 1.23 bits per heavy atom. The highest BCUT2D eigenvalue weighted by Crippen LogP contribution is 2.24. The van der Waals surface area contributed by atoms with Crippen LogP contribution in [0.1, 0.15) is 30.8 Å². The first-order valence-corrected chi connectivity index (χ1v) is 10.1.